The second-order valence-electron chi connectivity index (χ2n) is 6.38. The van der Waals surface area contributed by atoms with E-state index in [2.05, 4.69) is 12.2 Å². The Labute approximate surface area is 140 Å². The molecule has 1 rings (SSSR count). The first-order valence-corrected chi connectivity index (χ1v) is 9.00. The van der Waals surface area contributed by atoms with Crippen LogP contribution in [0.5, 0.6) is 0 Å². The minimum absolute atomic E-state index is 0.480. The highest BCUT2D eigenvalue weighted by Gasteiger charge is 2.30. The van der Waals surface area contributed by atoms with E-state index in [0.717, 1.165) is 31.5 Å². The molecule has 1 unspecified atom stereocenters. The molecule has 4 N–H and O–H groups in total. The molecular weight excluding hydrogens is 290 g/mol. The highest BCUT2D eigenvalue weighted by atomic mass is 16.7. The fourth-order valence-electron chi connectivity index (χ4n) is 2.84. The first-order valence-electron chi connectivity index (χ1n) is 9.00. The smallest absolute Gasteiger partial charge is 0.278 e. The molecule has 0 aliphatic rings. The fraction of sp³-hybridized carbons (Fsp3) is 0.684. The molecule has 23 heavy (non-hydrogen) atoms. The van der Waals surface area contributed by atoms with Crippen LogP contribution in [0, 0.1) is 5.92 Å². The quantitative estimate of drug-likeness (QED) is 0.328. The molecule has 0 fully saturated rings. The summed E-state index contributed by atoms with van der Waals surface area (Å²) in [6.45, 7) is 2.95. The molecule has 0 saturated heterocycles. The van der Waals surface area contributed by atoms with Gasteiger partial charge in [-0.25, -0.2) is 0 Å². The first kappa shape index (κ1) is 19.9. The number of benzene rings is 1. The van der Waals surface area contributed by atoms with Gasteiger partial charge in [0.05, 0.1) is 0 Å². The van der Waals surface area contributed by atoms with Crippen molar-refractivity contribution in [1.82, 2.24) is 0 Å². The summed E-state index contributed by atoms with van der Waals surface area (Å²) in [6.07, 6.45) is 8.98. The monoisotopic (exact) mass is 323 g/mol. The largest absolute Gasteiger partial charge is 0.385 e. The van der Waals surface area contributed by atoms with Gasteiger partial charge in [-0.2, -0.15) is 0 Å². The number of unbranched alkanes of at least 4 members (excludes halogenated alkanes) is 5. The molecule has 0 aliphatic carbocycles. The molecule has 1 aromatic rings. The Balaban J connectivity index is 2.21. The number of hydrogen-bond donors (Lipinski definition) is 4. The van der Waals surface area contributed by atoms with Crippen LogP contribution in [0.15, 0.2) is 30.3 Å². The molecule has 0 aromatic heterocycles. The summed E-state index contributed by atoms with van der Waals surface area (Å²) in [5.41, 5.74) is 1.06. The van der Waals surface area contributed by atoms with Crippen molar-refractivity contribution in [2.24, 2.45) is 5.92 Å². The molecule has 132 valence electrons. The van der Waals surface area contributed by atoms with Crippen LogP contribution in [0.3, 0.4) is 0 Å². The van der Waals surface area contributed by atoms with Crippen molar-refractivity contribution in [2.45, 2.75) is 70.7 Å². The van der Waals surface area contributed by atoms with Gasteiger partial charge in [0, 0.05) is 18.2 Å². The predicted octanol–water partition coefficient (Wildman–Crippen LogP) is 3.88. The zero-order valence-corrected chi connectivity index (χ0v) is 14.4. The molecule has 4 heteroatoms. The maximum absolute atomic E-state index is 9.53. The summed E-state index contributed by atoms with van der Waals surface area (Å²) in [7, 11) is 0. The second-order valence-corrected chi connectivity index (χ2v) is 6.38. The topological polar surface area (TPSA) is 72.7 Å². The number of hydrogen-bond acceptors (Lipinski definition) is 4. The molecule has 0 bridgehead atoms. The van der Waals surface area contributed by atoms with E-state index in [-0.39, 0.29) is 0 Å². The lowest BCUT2D eigenvalue weighted by molar-refractivity contribution is -0.344. The van der Waals surface area contributed by atoms with Gasteiger partial charge >= 0.3 is 0 Å². The molecule has 0 spiro atoms. The Morgan fingerprint density at radius 2 is 1.48 bits per heavy atom. The Morgan fingerprint density at radius 1 is 0.870 bits per heavy atom. The minimum Gasteiger partial charge on any atom is -0.385 e. The number of aliphatic hydroxyl groups is 3. The summed E-state index contributed by atoms with van der Waals surface area (Å²) in [5, 5.41) is 31.9. The summed E-state index contributed by atoms with van der Waals surface area (Å²) in [5.74, 6) is -3.04. The zero-order chi connectivity index (χ0) is 17.0. The Hall–Kier alpha value is -1.10. The van der Waals surface area contributed by atoms with Crippen LogP contribution in [0.4, 0.5) is 5.69 Å². The molecule has 1 atom stereocenters. The van der Waals surface area contributed by atoms with Crippen LogP contribution < -0.4 is 5.32 Å². The Bertz CT molecular complexity index is 389. The molecule has 1 aromatic carbocycles. The van der Waals surface area contributed by atoms with Gasteiger partial charge in [-0.3, -0.25) is 0 Å². The SMILES string of the molecule is CCCCCCCCC(CCCNc1ccccc1)C(O)(O)O. The summed E-state index contributed by atoms with van der Waals surface area (Å²) >= 11 is 0. The number of nitrogens with one attached hydrogen (secondary N) is 1. The van der Waals surface area contributed by atoms with Gasteiger partial charge < -0.3 is 20.6 Å². The Morgan fingerprint density at radius 3 is 2.13 bits per heavy atom. The standard InChI is InChI=1S/C19H33NO3/c1-2-3-4-5-6-8-12-17(19(21,22)23)13-11-16-20-18-14-9-7-10-15-18/h7,9-10,14-15,17,20-23H,2-6,8,11-13,16H2,1H3. The van der Waals surface area contributed by atoms with Crippen molar-refractivity contribution >= 4 is 5.69 Å². The van der Waals surface area contributed by atoms with Crippen LogP contribution >= 0.6 is 0 Å². The summed E-state index contributed by atoms with van der Waals surface area (Å²) < 4.78 is 0. The molecule has 0 saturated carbocycles. The van der Waals surface area contributed by atoms with E-state index in [4.69, 9.17) is 0 Å². The van der Waals surface area contributed by atoms with E-state index in [1.807, 2.05) is 30.3 Å². The van der Waals surface area contributed by atoms with Crippen molar-refractivity contribution in [1.29, 1.82) is 0 Å². The number of anilines is 1. The highest BCUT2D eigenvalue weighted by molar-refractivity contribution is 5.42. The van der Waals surface area contributed by atoms with E-state index >= 15 is 0 Å². The third-order valence-electron chi connectivity index (χ3n) is 4.29. The van der Waals surface area contributed by atoms with E-state index in [0.29, 0.717) is 12.8 Å². The van der Waals surface area contributed by atoms with Crippen LogP contribution in [-0.4, -0.2) is 27.8 Å². The number of rotatable bonds is 13. The normalized spacial score (nSPS) is 13.0. The van der Waals surface area contributed by atoms with Crippen molar-refractivity contribution < 1.29 is 15.3 Å². The van der Waals surface area contributed by atoms with Gasteiger partial charge in [-0.15, -0.1) is 0 Å². The minimum atomic E-state index is -2.56. The van der Waals surface area contributed by atoms with E-state index < -0.39 is 11.9 Å². The van der Waals surface area contributed by atoms with Gasteiger partial charge in [0.25, 0.3) is 5.97 Å². The molecule has 0 radical (unpaired) electrons. The predicted molar refractivity (Wildman–Crippen MR) is 95.0 cm³/mol. The fourth-order valence-corrected chi connectivity index (χ4v) is 2.84. The van der Waals surface area contributed by atoms with Gasteiger partial charge in [0.2, 0.25) is 0 Å². The summed E-state index contributed by atoms with van der Waals surface area (Å²) in [6, 6.07) is 9.93. The third kappa shape index (κ3) is 9.59. The molecule has 0 amide bonds. The van der Waals surface area contributed by atoms with Crippen molar-refractivity contribution in [3.8, 4) is 0 Å². The Kier molecular flexibility index (Phi) is 9.92. The van der Waals surface area contributed by atoms with Gasteiger partial charge in [0.1, 0.15) is 0 Å². The van der Waals surface area contributed by atoms with Gasteiger partial charge in [-0.1, -0.05) is 63.6 Å². The lowest BCUT2D eigenvalue weighted by Crippen LogP contribution is -2.37. The maximum Gasteiger partial charge on any atom is 0.278 e. The molecule has 4 nitrogen and oxygen atoms in total. The lowest BCUT2D eigenvalue weighted by atomic mass is 9.93. The zero-order valence-electron chi connectivity index (χ0n) is 14.4. The summed E-state index contributed by atoms with van der Waals surface area (Å²) in [4.78, 5) is 0. The van der Waals surface area contributed by atoms with Crippen molar-refractivity contribution in [3.63, 3.8) is 0 Å². The lowest BCUT2D eigenvalue weighted by Gasteiger charge is -2.26. The van der Waals surface area contributed by atoms with E-state index in [1.165, 1.54) is 25.7 Å². The molecular formula is C19H33NO3. The van der Waals surface area contributed by atoms with E-state index in [1.54, 1.807) is 0 Å². The third-order valence-corrected chi connectivity index (χ3v) is 4.29. The average Bonchev–Trinajstić information content (AvgIpc) is 2.52. The van der Waals surface area contributed by atoms with Crippen molar-refractivity contribution in [2.75, 3.05) is 11.9 Å². The maximum atomic E-state index is 9.53. The molecule has 0 heterocycles. The van der Waals surface area contributed by atoms with Crippen LogP contribution in [0.1, 0.15) is 64.7 Å². The highest BCUT2D eigenvalue weighted by Crippen LogP contribution is 2.24. The first-order chi connectivity index (χ1) is 11.0. The van der Waals surface area contributed by atoms with Gasteiger partial charge in [-0.05, 0) is 31.4 Å². The van der Waals surface area contributed by atoms with E-state index in [9.17, 15) is 15.3 Å². The number of para-hydroxylation sites is 1. The van der Waals surface area contributed by atoms with Crippen LogP contribution in [0.25, 0.3) is 0 Å². The average molecular weight is 323 g/mol. The second kappa shape index (κ2) is 11.4. The van der Waals surface area contributed by atoms with Crippen LogP contribution in [-0.2, 0) is 0 Å². The van der Waals surface area contributed by atoms with Crippen molar-refractivity contribution in [3.05, 3.63) is 30.3 Å². The van der Waals surface area contributed by atoms with Gasteiger partial charge in [0.15, 0.2) is 0 Å². The molecule has 0 aliphatic heterocycles. The van der Waals surface area contributed by atoms with Crippen LogP contribution in [0.2, 0.25) is 0 Å².